The maximum Gasteiger partial charge on any atom is 0.290 e. The third kappa shape index (κ3) is 3.35. The van der Waals surface area contributed by atoms with Crippen LogP contribution < -0.4 is 0 Å². The van der Waals surface area contributed by atoms with Crippen molar-refractivity contribution >= 4 is 17.5 Å². The summed E-state index contributed by atoms with van der Waals surface area (Å²) in [6.07, 6.45) is 3.18. The highest BCUT2D eigenvalue weighted by Gasteiger charge is 2.22. The van der Waals surface area contributed by atoms with Gasteiger partial charge in [0.15, 0.2) is 5.76 Å². The molecular weight excluding hydrogens is 330 g/mol. The first-order valence-electron chi connectivity index (χ1n) is 7.44. The van der Waals surface area contributed by atoms with Gasteiger partial charge in [0.2, 0.25) is 0 Å². The molecule has 3 aromatic heterocycles. The van der Waals surface area contributed by atoms with Gasteiger partial charge in [-0.05, 0) is 25.1 Å². The van der Waals surface area contributed by atoms with Crippen LogP contribution in [0.25, 0.3) is 0 Å². The van der Waals surface area contributed by atoms with E-state index in [-0.39, 0.29) is 18.2 Å². The Hall–Kier alpha value is -2.54. The van der Waals surface area contributed by atoms with E-state index in [1.807, 2.05) is 20.0 Å². The van der Waals surface area contributed by atoms with Crippen molar-refractivity contribution in [2.45, 2.75) is 20.0 Å². The quantitative estimate of drug-likeness (QED) is 0.711. The monoisotopic (exact) mass is 347 g/mol. The van der Waals surface area contributed by atoms with Crippen molar-refractivity contribution in [1.82, 2.24) is 24.5 Å². The SMILES string of the molecule is Cc1cc(CN(Cc2nn(C)cc2Cl)C(=O)c2ccco2)nn1C. The standard InChI is InChI=1S/C16H18ClN5O2/c1-11-7-12(18-21(11)3)8-22(16(23)15-5-4-6-24-15)10-14-13(17)9-20(2)19-14/h4-7,9H,8,10H2,1-3H3. The second kappa shape index (κ2) is 6.52. The van der Waals surface area contributed by atoms with Crippen LogP contribution in [0.5, 0.6) is 0 Å². The fourth-order valence-corrected chi connectivity index (χ4v) is 2.70. The van der Waals surface area contributed by atoms with Gasteiger partial charge in [-0.1, -0.05) is 11.6 Å². The first-order valence-corrected chi connectivity index (χ1v) is 7.82. The van der Waals surface area contributed by atoms with Gasteiger partial charge in [0.05, 0.1) is 30.1 Å². The van der Waals surface area contributed by atoms with Crippen molar-refractivity contribution in [2.24, 2.45) is 14.1 Å². The van der Waals surface area contributed by atoms with Gasteiger partial charge in [-0.15, -0.1) is 0 Å². The molecule has 1 amide bonds. The van der Waals surface area contributed by atoms with E-state index in [4.69, 9.17) is 16.0 Å². The van der Waals surface area contributed by atoms with Crippen LogP contribution in [-0.4, -0.2) is 30.4 Å². The second-order valence-electron chi connectivity index (χ2n) is 5.64. The Morgan fingerprint density at radius 3 is 2.67 bits per heavy atom. The van der Waals surface area contributed by atoms with Crippen molar-refractivity contribution in [1.29, 1.82) is 0 Å². The minimum atomic E-state index is -0.231. The molecule has 7 nitrogen and oxygen atoms in total. The predicted octanol–water partition coefficient (Wildman–Crippen LogP) is 2.55. The van der Waals surface area contributed by atoms with E-state index in [1.54, 1.807) is 39.6 Å². The molecule has 0 saturated carbocycles. The summed E-state index contributed by atoms with van der Waals surface area (Å²) >= 11 is 6.19. The minimum Gasteiger partial charge on any atom is -0.459 e. The third-order valence-corrected chi connectivity index (χ3v) is 4.05. The molecule has 3 heterocycles. The summed E-state index contributed by atoms with van der Waals surface area (Å²) in [6, 6.07) is 5.27. The number of aryl methyl sites for hydroxylation is 3. The number of halogens is 1. The summed E-state index contributed by atoms with van der Waals surface area (Å²) in [4.78, 5) is 14.4. The number of carbonyl (C=O) groups is 1. The van der Waals surface area contributed by atoms with E-state index < -0.39 is 0 Å². The number of rotatable bonds is 5. The van der Waals surface area contributed by atoms with Crippen molar-refractivity contribution in [3.63, 3.8) is 0 Å². The number of hydrogen-bond acceptors (Lipinski definition) is 4. The number of amides is 1. The zero-order valence-electron chi connectivity index (χ0n) is 13.7. The lowest BCUT2D eigenvalue weighted by Crippen LogP contribution is -2.30. The van der Waals surface area contributed by atoms with E-state index in [0.717, 1.165) is 11.4 Å². The molecule has 0 atom stereocenters. The summed E-state index contributed by atoms with van der Waals surface area (Å²) in [5.41, 5.74) is 2.44. The summed E-state index contributed by atoms with van der Waals surface area (Å²) in [7, 11) is 3.66. The highest BCUT2D eigenvalue weighted by molar-refractivity contribution is 6.31. The van der Waals surface area contributed by atoms with Gasteiger partial charge >= 0.3 is 0 Å². The molecule has 3 rings (SSSR count). The molecule has 126 valence electrons. The molecule has 8 heteroatoms. The van der Waals surface area contributed by atoms with Crippen LogP contribution in [0.15, 0.2) is 35.1 Å². The van der Waals surface area contributed by atoms with Crippen LogP contribution in [0.3, 0.4) is 0 Å². The fourth-order valence-electron chi connectivity index (χ4n) is 2.46. The van der Waals surface area contributed by atoms with Crippen molar-refractivity contribution in [2.75, 3.05) is 0 Å². The van der Waals surface area contributed by atoms with E-state index >= 15 is 0 Å². The Balaban J connectivity index is 1.88. The number of aromatic nitrogens is 4. The van der Waals surface area contributed by atoms with Crippen LogP contribution in [0.4, 0.5) is 0 Å². The molecule has 0 bridgehead atoms. The van der Waals surface area contributed by atoms with Gasteiger partial charge < -0.3 is 9.32 Å². The average molecular weight is 348 g/mol. The molecule has 24 heavy (non-hydrogen) atoms. The first kappa shape index (κ1) is 16.3. The molecule has 3 aromatic rings. The lowest BCUT2D eigenvalue weighted by Gasteiger charge is -2.19. The van der Waals surface area contributed by atoms with Gasteiger partial charge in [0.25, 0.3) is 5.91 Å². The zero-order chi connectivity index (χ0) is 17.3. The van der Waals surface area contributed by atoms with Crippen molar-refractivity contribution in [3.8, 4) is 0 Å². The summed E-state index contributed by atoms with van der Waals surface area (Å²) in [6.45, 7) is 2.58. The largest absolute Gasteiger partial charge is 0.459 e. The van der Waals surface area contributed by atoms with Crippen LogP contribution in [0, 0.1) is 6.92 Å². The van der Waals surface area contributed by atoms with E-state index in [2.05, 4.69) is 10.2 Å². The molecule has 0 aliphatic rings. The lowest BCUT2D eigenvalue weighted by molar-refractivity contribution is 0.0692. The average Bonchev–Trinajstić information content (AvgIpc) is 3.22. The molecule has 0 fully saturated rings. The number of carbonyl (C=O) groups excluding carboxylic acids is 1. The molecule has 0 N–H and O–H groups in total. The van der Waals surface area contributed by atoms with Crippen LogP contribution in [-0.2, 0) is 27.2 Å². The van der Waals surface area contributed by atoms with Crippen molar-refractivity contribution in [3.05, 3.63) is 58.5 Å². The molecule has 0 unspecified atom stereocenters. The predicted molar refractivity (Wildman–Crippen MR) is 88.4 cm³/mol. The van der Waals surface area contributed by atoms with E-state index in [0.29, 0.717) is 17.3 Å². The van der Waals surface area contributed by atoms with Gasteiger partial charge in [-0.25, -0.2) is 0 Å². The van der Waals surface area contributed by atoms with E-state index in [9.17, 15) is 4.79 Å². The Morgan fingerprint density at radius 1 is 1.33 bits per heavy atom. The topological polar surface area (TPSA) is 69.1 Å². The fraction of sp³-hybridized carbons (Fsp3) is 0.312. The van der Waals surface area contributed by atoms with Crippen molar-refractivity contribution < 1.29 is 9.21 Å². The molecular formula is C16H18ClN5O2. The molecule has 0 radical (unpaired) electrons. The molecule has 0 aromatic carbocycles. The minimum absolute atomic E-state index is 0.231. The molecule has 0 aliphatic heterocycles. The summed E-state index contributed by atoms with van der Waals surface area (Å²) < 4.78 is 8.64. The van der Waals surface area contributed by atoms with Gasteiger partial charge in [-0.3, -0.25) is 14.2 Å². The number of furan rings is 1. The van der Waals surface area contributed by atoms with E-state index in [1.165, 1.54) is 6.26 Å². The van der Waals surface area contributed by atoms with Gasteiger partial charge in [0.1, 0.15) is 5.69 Å². The Labute approximate surface area is 144 Å². The summed E-state index contributed by atoms with van der Waals surface area (Å²) in [5, 5.41) is 9.25. The van der Waals surface area contributed by atoms with Gasteiger partial charge in [0, 0.05) is 26.0 Å². The summed E-state index contributed by atoms with van der Waals surface area (Å²) in [5.74, 6) is 0.0414. The Morgan fingerprint density at radius 2 is 2.12 bits per heavy atom. The maximum absolute atomic E-state index is 12.7. The molecule has 0 aliphatic carbocycles. The number of nitrogens with zero attached hydrogens (tertiary/aromatic N) is 5. The van der Waals surface area contributed by atoms with Crippen LogP contribution >= 0.6 is 11.6 Å². The zero-order valence-corrected chi connectivity index (χ0v) is 14.5. The smallest absolute Gasteiger partial charge is 0.290 e. The van der Waals surface area contributed by atoms with Gasteiger partial charge in [-0.2, -0.15) is 10.2 Å². The lowest BCUT2D eigenvalue weighted by atomic mass is 10.3. The molecule has 0 spiro atoms. The second-order valence-corrected chi connectivity index (χ2v) is 6.04. The highest BCUT2D eigenvalue weighted by Crippen LogP contribution is 2.19. The Bertz CT molecular complexity index is 831. The highest BCUT2D eigenvalue weighted by atomic mass is 35.5. The van der Waals surface area contributed by atoms with Crippen LogP contribution in [0.2, 0.25) is 5.02 Å². The maximum atomic E-state index is 12.7. The third-order valence-electron chi connectivity index (χ3n) is 3.73. The Kier molecular flexibility index (Phi) is 4.44. The van der Waals surface area contributed by atoms with Crippen LogP contribution in [0.1, 0.15) is 27.6 Å². The number of hydrogen-bond donors (Lipinski definition) is 0. The first-order chi connectivity index (χ1) is 11.4. The normalized spacial score (nSPS) is 11.0. The molecule has 0 saturated heterocycles.